The van der Waals surface area contributed by atoms with E-state index in [0.717, 1.165) is 25.2 Å². The van der Waals surface area contributed by atoms with Crippen molar-refractivity contribution in [2.45, 2.75) is 18.9 Å². The van der Waals surface area contributed by atoms with Gasteiger partial charge in [0.15, 0.2) is 0 Å². The summed E-state index contributed by atoms with van der Waals surface area (Å²) in [7, 11) is -3.17. The van der Waals surface area contributed by atoms with Gasteiger partial charge in [-0.25, -0.2) is 18.1 Å². The van der Waals surface area contributed by atoms with Crippen molar-refractivity contribution in [1.82, 2.24) is 9.71 Å². The van der Waals surface area contributed by atoms with Crippen LogP contribution in [0.15, 0.2) is 18.3 Å². The summed E-state index contributed by atoms with van der Waals surface area (Å²) in [6.45, 7) is 1.45. The normalized spacial score (nSPS) is 21.0. The van der Waals surface area contributed by atoms with Gasteiger partial charge in [-0.2, -0.15) is 0 Å². The lowest BCUT2D eigenvalue weighted by Gasteiger charge is -2.33. The first-order valence-electron chi connectivity index (χ1n) is 5.78. The van der Waals surface area contributed by atoms with Gasteiger partial charge in [-0.1, -0.05) is 11.6 Å². The van der Waals surface area contributed by atoms with Gasteiger partial charge in [-0.05, 0) is 25.0 Å². The quantitative estimate of drug-likeness (QED) is 0.910. The number of pyridine rings is 1. The smallest absolute Gasteiger partial charge is 0.209 e. The van der Waals surface area contributed by atoms with Crippen LogP contribution in [0.5, 0.6) is 0 Å². The third-order valence-electron chi connectivity index (χ3n) is 2.84. The van der Waals surface area contributed by atoms with Gasteiger partial charge in [-0.15, -0.1) is 0 Å². The summed E-state index contributed by atoms with van der Waals surface area (Å²) in [5.74, 6) is 0.721. The highest BCUT2D eigenvalue weighted by molar-refractivity contribution is 7.88. The van der Waals surface area contributed by atoms with Crippen molar-refractivity contribution in [3.8, 4) is 0 Å². The topological polar surface area (TPSA) is 62.3 Å². The second-order valence-corrected chi connectivity index (χ2v) is 6.67. The van der Waals surface area contributed by atoms with Crippen LogP contribution in [0.1, 0.15) is 12.8 Å². The molecule has 18 heavy (non-hydrogen) atoms. The Morgan fingerprint density at radius 2 is 2.33 bits per heavy atom. The summed E-state index contributed by atoms with van der Waals surface area (Å²) in [5, 5.41) is 0.595. The average Bonchev–Trinajstić information content (AvgIpc) is 2.27. The Morgan fingerprint density at radius 3 is 3.00 bits per heavy atom. The molecule has 0 bridgehead atoms. The van der Waals surface area contributed by atoms with E-state index >= 15 is 0 Å². The third kappa shape index (κ3) is 3.57. The molecule has 1 saturated heterocycles. The van der Waals surface area contributed by atoms with Crippen molar-refractivity contribution in [2.24, 2.45) is 0 Å². The molecule has 0 radical (unpaired) electrons. The fraction of sp³-hybridized carbons (Fsp3) is 0.545. The van der Waals surface area contributed by atoms with Crippen LogP contribution in [-0.2, 0) is 10.0 Å². The molecule has 7 heteroatoms. The number of aromatic nitrogens is 1. The van der Waals surface area contributed by atoms with Crippen LogP contribution < -0.4 is 9.62 Å². The molecule has 1 N–H and O–H groups in total. The number of hydrogen-bond donors (Lipinski definition) is 1. The van der Waals surface area contributed by atoms with E-state index in [-0.39, 0.29) is 6.04 Å². The molecule has 100 valence electrons. The first-order valence-corrected chi connectivity index (χ1v) is 8.05. The molecule has 0 unspecified atom stereocenters. The van der Waals surface area contributed by atoms with E-state index < -0.39 is 10.0 Å². The van der Waals surface area contributed by atoms with Crippen LogP contribution in [0, 0.1) is 0 Å². The minimum absolute atomic E-state index is 0.0770. The molecule has 2 heterocycles. The second-order valence-electron chi connectivity index (χ2n) is 4.48. The maximum Gasteiger partial charge on any atom is 0.209 e. The maximum atomic E-state index is 11.2. The SMILES string of the molecule is CS(=O)(=O)N[C@@H]1CCCN(c2ncccc2Cl)C1. The van der Waals surface area contributed by atoms with Crippen molar-refractivity contribution in [3.63, 3.8) is 0 Å². The van der Waals surface area contributed by atoms with E-state index in [0.29, 0.717) is 11.6 Å². The van der Waals surface area contributed by atoms with Gasteiger partial charge in [0.1, 0.15) is 5.82 Å². The number of halogens is 1. The van der Waals surface area contributed by atoms with E-state index in [9.17, 15) is 8.42 Å². The van der Waals surface area contributed by atoms with Gasteiger partial charge in [0, 0.05) is 25.3 Å². The van der Waals surface area contributed by atoms with Gasteiger partial charge >= 0.3 is 0 Å². The molecular weight excluding hydrogens is 274 g/mol. The van der Waals surface area contributed by atoms with Crippen LogP contribution in [0.3, 0.4) is 0 Å². The molecule has 1 aliphatic heterocycles. The summed E-state index contributed by atoms with van der Waals surface area (Å²) < 4.78 is 25.1. The Labute approximate surface area is 112 Å². The van der Waals surface area contributed by atoms with E-state index in [2.05, 4.69) is 9.71 Å². The molecule has 1 atom stereocenters. The largest absolute Gasteiger partial charge is 0.354 e. The summed E-state index contributed by atoms with van der Waals surface area (Å²) >= 11 is 6.10. The zero-order chi connectivity index (χ0) is 13.2. The molecule has 0 saturated carbocycles. The standard InChI is InChI=1S/C11H16ClN3O2S/c1-18(16,17)14-9-4-3-7-15(8-9)11-10(12)5-2-6-13-11/h2,5-6,9,14H,3-4,7-8H2,1H3/t9-/m1/s1. The number of hydrogen-bond acceptors (Lipinski definition) is 4. The number of anilines is 1. The third-order valence-corrected chi connectivity index (χ3v) is 3.90. The van der Waals surface area contributed by atoms with Crippen molar-refractivity contribution < 1.29 is 8.42 Å². The van der Waals surface area contributed by atoms with Crippen LogP contribution >= 0.6 is 11.6 Å². The van der Waals surface area contributed by atoms with Gasteiger partial charge < -0.3 is 4.90 Å². The van der Waals surface area contributed by atoms with E-state index in [1.54, 1.807) is 18.3 Å². The molecule has 0 aromatic carbocycles. The van der Waals surface area contributed by atoms with Gasteiger partial charge in [0.05, 0.1) is 11.3 Å². The van der Waals surface area contributed by atoms with Crippen LogP contribution in [0.4, 0.5) is 5.82 Å². The monoisotopic (exact) mass is 289 g/mol. The van der Waals surface area contributed by atoms with Crippen molar-refractivity contribution >= 4 is 27.4 Å². The number of piperidine rings is 1. The number of rotatable bonds is 3. The number of nitrogens with one attached hydrogen (secondary N) is 1. The lowest BCUT2D eigenvalue weighted by molar-refractivity contribution is 0.465. The highest BCUT2D eigenvalue weighted by Crippen LogP contribution is 2.25. The molecule has 2 rings (SSSR count). The van der Waals surface area contributed by atoms with E-state index in [4.69, 9.17) is 11.6 Å². The average molecular weight is 290 g/mol. The Kier molecular flexibility index (Phi) is 4.09. The van der Waals surface area contributed by atoms with E-state index in [1.807, 2.05) is 4.90 Å². The molecule has 0 spiro atoms. The second kappa shape index (κ2) is 5.42. The highest BCUT2D eigenvalue weighted by atomic mass is 35.5. The summed E-state index contributed by atoms with van der Waals surface area (Å²) in [6, 6.07) is 3.49. The predicted molar refractivity (Wildman–Crippen MR) is 72.5 cm³/mol. The minimum Gasteiger partial charge on any atom is -0.354 e. The Bertz CT molecular complexity index is 521. The maximum absolute atomic E-state index is 11.2. The molecule has 1 aromatic rings. The van der Waals surface area contributed by atoms with Crippen molar-refractivity contribution in [2.75, 3.05) is 24.2 Å². The number of nitrogens with zero attached hydrogens (tertiary/aromatic N) is 2. The van der Waals surface area contributed by atoms with Gasteiger partial charge in [0.25, 0.3) is 0 Å². The van der Waals surface area contributed by atoms with Crippen LogP contribution in [-0.4, -0.2) is 38.8 Å². The molecular formula is C11H16ClN3O2S. The first kappa shape index (κ1) is 13.6. The summed E-state index contributed by atoms with van der Waals surface area (Å²) in [4.78, 5) is 6.27. The summed E-state index contributed by atoms with van der Waals surface area (Å²) in [5.41, 5.74) is 0. The Balaban J connectivity index is 2.10. The highest BCUT2D eigenvalue weighted by Gasteiger charge is 2.24. The first-order chi connectivity index (χ1) is 8.46. The van der Waals surface area contributed by atoms with Gasteiger partial charge in [-0.3, -0.25) is 0 Å². The minimum atomic E-state index is -3.17. The van der Waals surface area contributed by atoms with Gasteiger partial charge in [0.2, 0.25) is 10.0 Å². The lowest BCUT2D eigenvalue weighted by atomic mass is 10.1. The molecule has 1 aromatic heterocycles. The molecule has 1 fully saturated rings. The molecule has 5 nitrogen and oxygen atoms in total. The fourth-order valence-corrected chi connectivity index (χ4v) is 3.22. The van der Waals surface area contributed by atoms with E-state index in [1.165, 1.54) is 6.26 Å². The molecule has 0 amide bonds. The lowest BCUT2D eigenvalue weighted by Crippen LogP contribution is -2.47. The Hall–Kier alpha value is -0.850. The van der Waals surface area contributed by atoms with Crippen LogP contribution in [0.25, 0.3) is 0 Å². The zero-order valence-electron chi connectivity index (χ0n) is 10.1. The van der Waals surface area contributed by atoms with Crippen molar-refractivity contribution in [3.05, 3.63) is 23.4 Å². The molecule has 1 aliphatic rings. The molecule has 0 aliphatic carbocycles. The number of sulfonamides is 1. The summed E-state index contributed by atoms with van der Waals surface area (Å²) in [6.07, 6.45) is 4.63. The Morgan fingerprint density at radius 1 is 1.56 bits per heavy atom. The van der Waals surface area contributed by atoms with Crippen LogP contribution in [0.2, 0.25) is 5.02 Å². The zero-order valence-corrected chi connectivity index (χ0v) is 11.7. The predicted octanol–water partition coefficient (Wildman–Crippen LogP) is 1.25. The van der Waals surface area contributed by atoms with Crippen molar-refractivity contribution in [1.29, 1.82) is 0 Å². The fourth-order valence-electron chi connectivity index (χ4n) is 2.18.